The molecule has 0 bridgehead atoms. The van der Waals surface area contributed by atoms with E-state index >= 15 is 0 Å². The molecule has 0 aliphatic rings. The first-order valence-corrected chi connectivity index (χ1v) is 4.00. The maximum absolute atomic E-state index is 13.3. The van der Waals surface area contributed by atoms with Crippen LogP contribution in [0.4, 0.5) is 4.39 Å². The first-order valence-electron chi connectivity index (χ1n) is 3.21. The average molecular weight is 222 g/mol. The lowest BCUT2D eigenvalue weighted by Gasteiger charge is -2.13. The van der Waals surface area contributed by atoms with Gasteiger partial charge in [-0.25, -0.2) is 4.39 Å². The third-order valence-electron chi connectivity index (χ3n) is 1.47. The Morgan fingerprint density at radius 2 is 2.36 bits per heavy atom. The van der Waals surface area contributed by atoms with Crippen molar-refractivity contribution >= 4 is 15.9 Å². The van der Waals surface area contributed by atoms with Gasteiger partial charge in [-0.05, 0) is 35.0 Å². The number of nitrogens with two attached hydrogens (primary N) is 1. The van der Waals surface area contributed by atoms with Gasteiger partial charge in [0, 0.05) is 6.54 Å². The van der Waals surface area contributed by atoms with E-state index in [1.165, 1.54) is 6.92 Å². The van der Waals surface area contributed by atoms with Gasteiger partial charge < -0.3 is 10.2 Å². The van der Waals surface area contributed by atoms with E-state index in [1.54, 1.807) is 12.1 Å². The Labute approximate surface area is 72.7 Å². The monoisotopic (exact) mass is 221 g/mol. The Bertz CT molecular complexity index is 246. The van der Waals surface area contributed by atoms with Crippen molar-refractivity contribution in [3.05, 3.63) is 22.6 Å². The molecule has 0 aliphatic carbocycles. The highest BCUT2D eigenvalue weighted by Gasteiger charge is 2.27. The zero-order valence-corrected chi connectivity index (χ0v) is 7.69. The Balaban J connectivity index is 2.92. The van der Waals surface area contributed by atoms with E-state index in [0.717, 1.165) is 0 Å². The lowest BCUT2D eigenvalue weighted by atomic mass is 10.1. The van der Waals surface area contributed by atoms with Gasteiger partial charge in [0.2, 0.25) is 0 Å². The minimum absolute atomic E-state index is 0.0764. The zero-order chi connectivity index (χ0) is 8.48. The molecule has 1 unspecified atom stereocenters. The summed E-state index contributed by atoms with van der Waals surface area (Å²) < 4.78 is 18.8. The topological polar surface area (TPSA) is 39.2 Å². The van der Waals surface area contributed by atoms with E-state index in [2.05, 4.69) is 15.9 Å². The highest BCUT2D eigenvalue weighted by atomic mass is 79.9. The molecule has 0 amide bonds. The van der Waals surface area contributed by atoms with Gasteiger partial charge in [-0.1, -0.05) is 0 Å². The Morgan fingerprint density at radius 1 is 1.73 bits per heavy atom. The van der Waals surface area contributed by atoms with E-state index < -0.39 is 5.67 Å². The Hall–Kier alpha value is -0.350. The third kappa shape index (κ3) is 1.81. The molecule has 2 nitrogen and oxygen atoms in total. The van der Waals surface area contributed by atoms with Gasteiger partial charge in [-0.2, -0.15) is 0 Å². The lowest BCUT2D eigenvalue weighted by Crippen LogP contribution is -2.25. The van der Waals surface area contributed by atoms with Crippen molar-refractivity contribution in [1.82, 2.24) is 0 Å². The van der Waals surface area contributed by atoms with Gasteiger partial charge in [-0.3, -0.25) is 0 Å². The summed E-state index contributed by atoms with van der Waals surface area (Å²) in [5.74, 6) is 0.256. The molecule has 11 heavy (non-hydrogen) atoms. The second-order valence-corrected chi connectivity index (χ2v) is 3.29. The molecule has 1 atom stereocenters. The van der Waals surface area contributed by atoms with Crippen LogP contribution in [0.25, 0.3) is 0 Å². The molecule has 0 spiro atoms. The van der Waals surface area contributed by atoms with Crippen LogP contribution >= 0.6 is 15.9 Å². The number of alkyl halides is 1. The molecular weight excluding hydrogens is 213 g/mol. The number of rotatable bonds is 2. The molecule has 0 aliphatic heterocycles. The standard InChI is InChI=1S/C7H9BrFNO/c1-7(9,4-10)5-2-3-6(8)11-5/h2-3H,4,10H2,1H3. The molecule has 0 radical (unpaired) electrons. The second-order valence-electron chi connectivity index (χ2n) is 2.51. The maximum Gasteiger partial charge on any atom is 0.177 e. The van der Waals surface area contributed by atoms with Crippen LogP contribution in [0.1, 0.15) is 12.7 Å². The predicted octanol–water partition coefficient (Wildman–Crippen LogP) is 2.19. The summed E-state index contributed by atoms with van der Waals surface area (Å²) in [4.78, 5) is 0. The minimum Gasteiger partial charge on any atom is -0.451 e. The smallest absolute Gasteiger partial charge is 0.177 e. The maximum atomic E-state index is 13.3. The number of hydrogen-bond acceptors (Lipinski definition) is 2. The van der Waals surface area contributed by atoms with Crippen molar-refractivity contribution in [2.75, 3.05) is 6.54 Å². The summed E-state index contributed by atoms with van der Waals surface area (Å²) >= 11 is 3.08. The van der Waals surface area contributed by atoms with Gasteiger partial charge in [-0.15, -0.1) is 0 Å². The molecule has 4 heteroatoms. The Morgan fingerprint density at radius 3 is 2.73 bits per heavy atom. The van der Waals surface area contributed by atoms with E-state index in [0.29, 0.717) is 4.67 Å². The fourth-order valence-corrected chi connectivity index (χ4v) is 1.00. The van der Waals surface area contributed by atoms with E-state index in [9.17, 15) is 4.39 Å². The average Bonchev–Trinajstić information content (AvgIpc) is 2.36. The highest BCUT2D eigenvalue weighted by molar-refractivity contribution is 9.10. The van der Waals surface area contributed by atoms with Gasteiger partial charge in [0.15, 0.2) is 10.3 Å². The molecule has 1 aromatic rings. The van der Waals surface area contributed by atoms with Gasteiger partial charge in [0.05, 0.1) is 0 Å². The van der Waals surface area contributed by atoms with Crippen molar-refractivity contribution in [1.29, 1.82) is 0 Å². The fraction of sp³-hybridized carbons (Fsp3) is 0.429. The van der Waals surface area contributed by atoms with Gasteiger partial charge >= 0.3 is 0 Å². The van der Waals surface area contributed by atoms with Crippen LogP contribution in [-0.2, 0) is 5.67 Å². The second kappa shape index (κ2) is 2.95. The summed E-state index contributed by atoms with van der Waals surface area (Å²) in [6.45, 7) is 1.31. The SMILES string of the molecule is CC(F)(CN)c1ccc(Br)o1. The molecule has 62 valence electrons. The largest absolute Gasteiger partial charge is 0.451 e. The highest BCUT2D eigenvalue weighted by Crippen LogP contribution is 2.27. The van der Waals surface area contributed by atoms with Crippen molar-refractivity contribution in [2.45, 2.75) is 12.6 Å². The lowest BCUT2D eigenvalue weighted by molar-refractivity contribution is 0.162. The fourth-order valence-electron chi connectivity index (χ4n) is 0.695. The molecule has 1 rings (SSSR count). The quantitative estimate of drug-likeness (QED) is 0.832. The number of furan rings is 1. The summed E-state index contributed by atoms with van der Waals surface area (Å²) in [6, 6.07) is 3.21. The van der Waals surface area contributed by atoms with Crippen molar-refractivity contribution in [3.63, 3.8) is 0 Å². The Kier molecular flexibility index (Phi) is 2.34. The third-order valence-corrected chi connectivity index (χ3v) is 1.90. The molecule has 0 saturated carbocycles. The van der Waals surface area contributed by atoms with E-state index in [-0.39, 0.29) is 12.3 Å². The van der Waals surface area contributed by atoms with Crippen LogP contribution in [0.15, 0.2) is 21.2 Å². The molecule has 0 fully saturated rings. The van der Waals surface area contributed by atoms with Crippen LogP contribution in [0.5, 0.6) is 0 Å². The summed E-state index contributed by atoms with van der Waals surface area (Å²) in [7, 11) is 0. The van der Waals surface area contributed by atoms with Gasteiger partial charge in [0.1, 0.15) is 5.76 Å². The van der Waals surface area contributed by atoms with Crippen LogP contribution in [0.3, 0.4) is 0 Å². The molecule has 0 aromatic carbocycles. The predicted molar refractivity (Wildman–Crippen MR) is 43.9 cm³/mol. The van der Waals surface area contributed by atoms with Crippen molar-refractivity contribution in [3.8, 4) is 0 Å². The first-order chi connectivity index (χ1) is 5.06. The molecule has 0 saturated heterocycles. The van der Waals surface area contributed by atoms with Crippen LogP contribution < -0.4 is 5.73 Å². The molecule has 2 N–H and O–H groups in total. The minimum atomic E-state index is -1.56. The molecule has 1 aromatic heterocycles. The zero-order valence-electron chi connectivity index (χ0n) is 6.10. The summed E-state index contributed by atoms with van der Waals surface area (Å²) in [5, 5.41) is 0. The van der Waals surface area contributed by atoms with Crippen molar-refractivity contribution < 1.29 is 8.81 Å². The summed E-state index contributed by atoms with van der Waals surface area (Å²) in [6.07, 6.45) is 0. The first kappa shape index (κ1) is 8.74. The van der Waals surface area contributed by atoms with Crippen LogP contribution in [0.2, 0.25) is 0 Å². The number of halogens is 2. The van der Waals surface area contributed by atoms with E-state index in [1.807, 2.05) is 0 Å². The molecule has 1 heterocycles. The van der Waals surface area contributed by atoms with Gasteiger partial charge in [0.25, 0.3) is 0 Å². The van der Waals surface area contributed by atoms with Crippen molar-refractivity contribution in [2.24, 2.45) is 5.73 Å². The van der Waals surface area contributed by atoms with Crippen LogP contribution in [-0.4, -0.2) is 6.54 Å². The van der Waals surface area contributed by atoms with Crippen LogP contribution in [0, 0.1) is 0 Å². The normalized spacial score (nSPS) is 16.4. The number of hydrogen-bond donors (Lipinski definition) is 1. The summed E-state index contributed by atoms with van der Waals surface area (Å²) in [5.41, 5.74) is 3.63. The van der Waals surface area contributed by atoms with E-state index in [4.69, 9.17) is 10.2 Å². The molecular formula is C7H9BrFNO.